The van der Waals surface area contributed by atoms with E-state index in [1.807, 2.05) is 57.2 Å². The van der Waals surface area contributed by atoms with Crippen molar-refractivity contribution in [2.24, 2.45) is 0 Å². The van der Waals surface area contributed by atoms with Gasteiger partial charge in [0.2, 0.25) is 21.8 Å². The van der Waals surface area contributed by atoms with Gasteiger partial charge in [-0.1, -0.05) is 37.3 Å². The molecule has 3 aromatic carbocycles. The Morgan fingerprint density at radius 2 is 1.52 bits per heavy atom. The number of rotatable bonds is 13. The molecular weight excluding hydrogens is 530 g/mol. The van der Waals surface area contributed by atoms with Crippen molar-refractivity contribution < 1.29 is 27.5 Å². The molecule has 10 heteroatoms. The van der Waals surface area contributed by atoms with E-state index in [1.165, 1.54) is 4.90 Å². The third-order valence-electron chi connectivity index (χ3n) is 6.09. The number of hydrogen-bond acceptors (Lipinski definition) is 6. The highest BCUT2D eigenvalue weighted by molar-refractivity contribution is 7.92. The number of nitrogens with one attached hydrogen (secondary N) is 1. The van der Waals surface area contributed by atoms with Crippen molar-refractivity contribution in [2.75, 3.05) is 24.2 Å². The fourth-order valence-corrected chi connectivity index (χ4v) is 5.04. The first-order chi connectivity index (χ1) is 19.0. The molecule has 1 N–H and O–H groups in total. The monoisotopic (exact) mass is 567 g/mol. The Kier molecular flexibility index (Phi) is 10.6. The highest BCUT2D eigenvalue weighted by Gasteiger charge is 2.32. The molecule has 0 unspecified atom stereocenters. The predicted octanol–water partition coefficient (Wildman–Crippen LogP) is 4.59. The summed E-state index contributed by atoms with van der Waals surface area (Å²) in [4.78, 5) is 28.4. The fraction of sp³-hybridized carbons (Fsp3) is 0.333. The maximum absolute atomic E-state index is 13.8. The zero-order valence-corrected chi connectivity index (χ0v) is 24.4. The second-order valence-corrected chi connectivity index (χ2v) is 11.5. The number of methoxy groups -OCH3 is 1. The number of nitrogens with zero attached hydrogens (tertiary/aromatic N) is 2. The number of sulfonamides is 1. The molecule has 3 rings (SSSR count). The minimum absolute atomic E-state index is 0.0987. The van der Waals surface area contributed by atoms with Crippen molar-refractivity contribution in [3.05, 3.63) is 84.4 Å². The van der Waals surface area contributed by atoms with Gasteiger partial charge < -0.3 is 19.7 Å². The Labute approximate surface area is 236 Å². The Morgan fingerprint density at radius 3 is 2.10 bits per heavy atom. The van der Waals surface area contributed by atoms with E-state index in [0.717, 1.165) is 16.1 Å². The summed E-state index contributed by atoms with van der Waals surface area (Å²) in [7, 11) is -2.30. The van der Waals surface area contributed by atoms with Crippen LogP contribution in [0.3, 0.4) is 0 Å². The second-order valence-electron chi connectivity index (χ2n) is 9.64. The van der Waals surface area contributed by atoms with Crippen LogP contribution in [0.1, 0.15) is 32.8 Å². The maximum Gasteiger partial charge on any atom is 0.244 e. The average Bonchev–Trinajstić information content (AvgIpc) is 2.91. The summed E-state index contributed by atoms with van der Waals surface area (Å²) in [5, 5.41) is 2.88. The van der Waals surface area contributed by atoms with Gasteiger partial charge in [0, 0.05) is 12.6 Å². The lowest BCUT2D eigenvalue weighted by atomic mass is 10.1. The molecular formula is C30H37N3O6S. The van der Waals surface area contributed by atoms with E-state index in [-0.39, 0.29) is 18.5 Å². The summed E-state index contributed by atoms with van der Waals surface area (Å²) in [6.45, 7) is 5.12. The largest absolute Gasteiger partial charge is 0.497 e. The van der Waals surface area contributed by atoms with Crippen molar-refractivity contribution in [3.63, 3.8) is 0 Å². The lowest BCUT2D eigenvalue weighted by Gasteiger charge is -2.33. The van der Waals surface area contributed by atoms with Crippen LogP contribution in [0.2, 0.25) is 0 Å². The lowest BCUT2D eigenvalue weighted by molar-refractivity contribution is -0.140. The van der Waals surface area contributed by atoms with Gasteiger partial charge in [-0.3, -0.25) is 13.9 Å². The zero-order chi connectivity index (χ0) is 29.3. The molecule has 9 nitrogen and oxygen atoms in total. The van der Waals surface area contributed by atoms with Gasteiger partial charge in [0.25, 0.3) is 0 Å². The van der Waals surface area contributed by atoms with Crippen LogP contribution >= 0.6 is 0 Å². The molecule has 0 aliphatic rings. The molecule has 0 saturated carbocycles. The Balaban J connectivity index is 1.90. The van der Waals surface area contributed by atoms with E-state index in [2.05, 4.69) is 5.32 Å². The Hall–Kier alpha value is -4.05. The normalized spacial score (nSPS) is 11.9. The summed E-state index contributed by atoms with van der Waals surface area (Å²) in [5.41, 5.74) is 1.05. The molecule has 40 heavy (non-hydrogen) atoms. The van der Waals surface area contributed by atoms with Crippen molar-refractivity contribution >= 4 is 27.5 Å². The molecule has 0 radical (unpaired) electrons. The van der Waals surface area contributed by atoms with Gasteiger partial charge in [-0.15, -0.1) is 0 Å². The number of hydrogen-bond donors (Lipinski definition) is 1. The molecule has 0 bridgehead atoms. The molecule has 0 aliphatic carbocycles. The summed E-state index contributed by atoms with van der Waals surface area (Å²) in [6.07, 6.45) is 1.39. The van der Waals surface area contributed by atoms with E-state index in [1.54, 1.807) is 49.6 Å². The van der Waals surface area contributed by atoms with Crippen LogP contribution in [0.25, 0.3) is 0 Å². The third kappa shape index (κ3) is 8.47. The van der Waals surface area contributed by atoms with Gasteiger partial charge in [-0.25, -0.2) is 8.42 Å². The third-order valence-corrected chi connectivity index (χ3v) is 7.23. The van der Waals surface area contributed by atoms with E-state index >= 15 is 0 Å². The first-order valence-corrected chi connectivity index (χ1v) is 14.9. The molecule has 0 saturated heterocycles. The minimum atomic E-state index is -3.85. The highest BCUT2D eigenvalue weighted by Crippen LogP contribution is 2.26. The van der Waals surface area contributed by atoms with Crippen LogP contribution in [-0.4, -0.2) is 57.1 Å². The molecule has 0 heterocycles. The van der Waals surface area contributed by atoms with Crippen LogP contribution < -0.4 is 19.1 Å². The molecule has 0 spiro atoms. The van der Waals surface area contributed by atoms with Gasteiger partial charge in [-0.05, 0) is 74.4 Å². The van der Waals surface area contributed by atoms with Crippen molar-refractivity contribution in [3.8, 4) is 17.2 Å². The molecule has 214 valence electrons. The van der Waals surface area contributed by atoms with Crippen molar-refractivity contribution in [1.82, 2.24) is 10.2 Å². The van der Waals surface area contributed by atoms with Crippen LogP contribution in [-0.2, 0) is 26.2 Å². The van der Waals surface area contributed by atoms with Crippen molar-refractivity contribution in [1.29, 1.82) is 0 Å². The van der Waals surface area contributed by atoms with Crippen LogP contribution in [0.4, 0.5) is 5.69 Å². The molecule has 2 amide bonds. The van der Waals surface area contributed by atoms with Gasteiger partial charge >= 0.3 is 0 Å². The number of anilines is 1. The molecule has 0 fully saturated rings. The summed E-state index contributed by atoms with van der Waals surface area (Å²) in [6, 6.07) is 21.9. The number of carbonyl (C=O) groups is 2. The number of ether oxygens (including phenoxy) is 2. The highest BCUT2D eigenvalue weighted by atomic mass is 32.2. The molecule has 1 atom stereocenters. The zero-order valence-electron chi connectivity index (χ0n) is 23.5. The average molecular weight is 568 g/mol. The topological polar surface area (TPSA) is 105 Å². The Morgan fingerprint density at radius 1 is 0.900 bits per heavy atom. The first kappa shape index (κ1) is 30.5. The smallest absolute Gasteiger partial charge is 0.244 e. The van der Waals surface area contributed by atoms with Crippen LogP contribution in [0, 0.1) is 0 Å². The van der Waals surface area contributed by atoms with Gasteiger partial charge in [-0.2, -0.15) is 0 Å². The van der Waals surface area contributed by atoms with Crippen molar-refractivity contribution in [2.45, 2.75) is 45.8 Å². The van der Waals surface area contributed by atoms with E-state index < -0.39 is 28.5 Å². The number of amides is 2. The molecule has 3 aromatic rings. The SMILES string of the molecule is CC[C@H](C(=O)NC(C)C)N(Cc1cccc(OC)c1)C(=O)CN(c1ccc(Oc2ccccc2)cc1)S(C)(=O)=O. The summed E-state index contributed by atoms with van der Waals surface area (Å²) in [5.74, 6) is 0.959. The first-order valence-electron chi connectivity index (χ1n) is 13.0. The lowest BCUT2D eigenvalue weighted by Crippen LogP contribution is -2.53. The van der Waals surface area contributed by atoms with Gasteiger partial charge in [0.1, 0.15) is 29.8 Å². The van der Waals surface area contributed by atoms with Gasteiger partial charge in [0.05, 0.1) is 19.1 Å². The predicted molar refractivity (Wildman–Crippen MR) is 156 cm³/mol. The van der Waals surface area contributed by atoms with E-state index in [0.29, 0.717) is 29.4 Å². The number of benzene rings is 3. The number of para-hydroxylation sites is 1. The van der Waals surface area contributed by atoms with E-state index in [4.69, 9.17) is 9.47 Å². The minimum Gasteiger partial charge on any atom is -0.497 e. The summed E-state index contributed by atoms with van der Waals surface area (Å²) >= 11 is 0. The quantitative estimate of drug-likeness (QED) is 0.324. The van der Waals surface area contributed by atoms with E-state index in [9.17, 15) is 18.0 Å². The van der Waals surface area contributed by atoms with Crippen LogP contribution in [0.15, 0.2) is 78.9 Å². The fourth-order valence-electron chi connectivity index (χ4n) is 4.19. The Bertz CT molecular complexity index is 1380. The standard InChI is InChI=1S/C30H37N3O6S/c1-6-28(30(35)31-22(2)3)32(20-23-11-10-14-27(19-23)38-4)29(34)21-33(40(5,36)37)24-15-17-26(18-16-24)39-25-12-8-7-9-13-25/h7-19,22,28H,6,20-21H2,1-5H3,(H,31,35)/t28-/m1/s1. The molecule has 0 aromatic heterocycles. The van der Waals surface area contributed by atoms with Crippen LogP contribution in [0.5, 0.6) is 17.2 Å². The maximum atomic E-state index is 13.8. The second kappa shape index (κ2) is 13.8. The summed E-state index contributed by atoms with van der Waals surface area (Å²) < 4.78 is 37.9. The van der Waals surface area contributed by atoms with Gasteiger partial charge in [0.15, 0.2) is 0 Å². The number of carbonyl (C=O) groups excluding carboxylic acids is 2. The molecule has 0 aliphatic heterocycles.